The number of ether oxygens (including phenoxy) is 2. The van der Waals surface area contributed by atoms with Crippen molar-refractivity contribution in [3.8, 4) is 11.1 Å². The Balaban J connectivity index is 1.68. The van der Waals surface area contributed by atoms with Crippen LogP contribution in [0.25, 0.3) is 22.0 Å². The molecule has 5 rings (SSSR count). The van der Waals surface area contributed by atoms with Crippen LogP contribution in [0.4, 0.5) is 13.2 Å². The van der Waals surface area contributed by atoms with Gasteiger partial charge in [-0.25, -0.2) is 4.79 Å². The van der Waals surface area contributed by atoms with Crippen molar-refractivity contribution in [3.63, 3.8) is 0 Å². The van der Waals surface area contributed by atoms with Gasteiger partial charge < -0.3 is 14.0 Å². The summed E-state index contributed by atoms with van der Waals surface area (Å²) in [4.78, 5) is 13.4. The number of benzene rings is 2. The number of esters is 1. The van der Waals surface area contributed by atoms with Crippen LogP contribution >= 0.6 is 0 Å². The zero-order valence-electron chi connectivity index (χ0n) is 22.4. The number of aromatic nitrogens is 3. The van der Waals surface area contributed by atoms with Gasteiger partial charge in [0.2, 0.25) is 0 Å². The van der Waals surface area contributed by atoms with E-state index in [9.17, 15) is 18.0 Å². The predicted molar refractivity (Wildman–Crippen MR) is 143 cm³/mol. The van der Waals surface area contributed by atoms with Gasteiger partial charge in [0.05, 0.1) is 30.0 Å². The Labute approximate surface area is 225 Å². The fourth-order valence-electron chi connectivity index (χ4n) is 5.49. The van der Waals surface area contributed by atoms with Crippen LogP contribution in [-0.2, 0) is 48.7 Å². The molecule has 0 fully saturated rings. The number of carbonyl (C=O) groups excluding carboxylic acids is 1. The van der Waals surface area contributed by atoms with Crippen molar-refractivity contribution in [1.82, 2.24) is 14.3 Å². The maximum atomic E-state index is 13.4. The first-order chi connectivity index (χ1) is 18.7. The van der Waals surface area contributed by atoms with E-state index in [0.29, 0.717) is 38.3 Å². The Morgan fingerprint density at radius 3 is 2.59 bits per heavy atom. The molecule has 1 aliphatic heterocycles. The number of rotatable bonds is 5. The van der Waals surface area contributed by atoms with Crippen LogP contribution in [0, 0.1) is 6.92 Å². The number of hydrogen-bond acceptors (Lipinski definition) is 4. The first-order valence-electron chi connectivity index (χ1n) is 13.3. The molecule has 2 aromatic heterocycles. The lowest BCUT2D eigenvalue weighted by Crippen LogP contribution is -2.15. The Morgan fingerprint density at radius 1 is 1.10 bits per heavy atom. The number of carbonyl (C=O) groups is 1. The summed E-state index contributed by atoms with van der Waals surface area (Å²) in [5, 5.41) is 5.66. The van der Waals surface area contributed by atoms with Crippen LogP contribution < -0.4 is 0 Å². The van der Waals surface area contributed by atoms with E-state index in [0.717, 1.165) is 69.5 Å². The zero-order chi connectivity index (χ0) is 27.7. The number of fused-ring (bicyclic) bond motifs is 2. The normalized spacial score (nSPS) is 14.2. The molecule has 3 heterocycles. The molecular formula is C30H32F3N3O3. The summed E-state index contributed by atoms with van der Waals surface area (Å²) < 4.78 is 54.6. The highest BCUT2D eigenvalue weighted by Gasteiger charge is 2.30. The third-order valence-corrected chi connectivity index (χ3v) is 7.44. The van der Waals surface area contributed by atoms with Crippen molar-refractivity contribution in [1.29, 1.82) is 0 Å². The van der Waals surface area contributed by atoms with Gasteiger partial charge in [0.25, 0.3) is 0 Å². The fraction of sp³-hybridized carbons (Fsp3) is 0.400. The quantitative estimate of drug-likeness (QED) is 0.267. The molecule has 0 saturated carbocycles. The number of nitrogens with zero attached hydrogens (tertiary/aromatic N) is 3. The van der Waals surface area contributed by atoms with Gasteiger partial charge >= 0.3 is 12.1 Å². The van der Waals surface area contributed by atoms with Crippen LogP contribution in [0.2, 0.25) is 0 Å². The van der Waals surface area contributed by atoms with Gasteiger partial charge in [-0.2, -0.15) is 18.3 Å². The summed E-state index contributed by atoms with van der Waals surface area (Å²) in [5.41, 5.74) is 6.22. The van der Waals surface area contributed by atoms with E-state index in [1.54, 1.807) is 6.92 Å². The first-order valence-corrected chi connectivity index (χ1v) is 13.3. The second kappa shape index (κ2) is 10.9. The Hall–Kier alpha value is -3.59. The lowest BCUT2D eigenvalue weighted by molar-refractivity contribution is -0.137. The van der Waals surface area contributed by atoms with Gasteiger partial charge in [0.15, 0.2) is 0 Å². The molecule has 0 radical (unpaired) electrons. The summed E-state index contributed by atoms with van der Waals surface area (Å²) in [5.74, 6) is -0.392. The molecule has 0 N–H and O–H groups in total. The lowest BCUT2D eigenvalue weighted by Gasteiger charge is -2.13. The average molecular weight is 540 g/mol. The van der Waals surface area contributed by atoms with E-state index in [-0.39, 0.29) is 6.61 Å². The third-order valence-electron chi connectivity index (χ3n) is 7.44. The van der Waals surface area contributed by atoms with Crippen LogP contribution in [0.1, 0.15) is 58.3 Å². The highest BCUT2D eigenvalue weighted by atomic mass is 19.4. The molecule has 2 aromatic carbocycles. The average Bonchev–Trinajstić information content (AvgIpc) is 3.36. The maximum absolute atomic E-state index is 13.4. The minimum absolute atomic E-state index is 0.241. The zero-order valence-corrected chi connectivity index (χ0v) is 22.4. The fourth-order valence-corrected chi connectivity index (χ4v) is 5.49. The van der Waals surface area contributed by atoms with Crippen molar-refractivity contribution in [2.75, 3.05) is 13.2 Å². The third kappa shape index (κ3) is 5.20. The number of para-hydroxylation sites is 1. The molecule has 9 heteroatoms. The molecule has 6 nitrogen and oxygen atoms in total. The second-order valence-corrected chi connectivity index (χ2v) is 9.89. The van der Waals surface area contributed by atoms with Crippen molar-refractivity contribution in [2.45, 2.75) is 58.9 Å². The van der Waals surface area contributed by atoms with E-state index in [2.05, 4.69) is 10.6 Å². The van der Waals surface area contributed by atoms with E-state index in [1.807, 2.05) is 30.8 Å². The van der Waals surface area contributed by atoms with E-state index < -0.39 is 17.7 Å². The largest absolute Gasteiger partial charge is 0.461 e. The molecule has 0 atom stereocenters. The highest BCUT2D eigenvalue weighted by molar-refractivity contribution is 6.05. The summed E-state index contributed by atoms with van der Waals surface area (Å²) in [7, 11) is 1.91. The second-order valence-electron chi connectivity index (χ2n) is 9.89. The number of halogens is 3. The van der Waals surface area contributed by atoms with Gasteiger partial charge in [-0.05, 0) is 62.8 Å². The van der Waals surface area contributed by atoms with Crippen molar-refractivity contribution < 1.29 is 27.4 Å². The van der Waals surface area contributed by atoms with Gasteiger partial charge in [-0.15, -0.1) is 0 Å². The van der Waals surface area contributed by atoms with Crippen LogP contribution in [-0.4, -0.2) is 33.5 Å². The maximum Gasteiger partial charge on any atom is 0.416 e. The SMILES string of the molecule is CCOC(=O)c1c(CCc2ccc(C(F)(F)F)cc2)c2cccc3c2n1CCCCOCc1nn(C)c(C)c1-3. The Morgan fingerprint density at radius 2 is 1.87 bits per heavy atom. The molecule has 0 amide bonds. The minimum Gasteiger partial charge on any atom is -0.461 e. The van der Waals surface area contributed by atoms with Gasteiger partial charge in [0.1, 0.15) is 5.69 Å². The molecule has 0 spiro atoms. The smallest absolute Gasteiger partial charge is 0.416 e. The molecule has 0 aliphatic carbocycles. The van der Waals surface area contributed by atoms with Crippen LogP contribution in [0.5, 0.6) is 0 Å². The van der Waals surface area contributed by atoms with Crippen LogP contribution in [0.15, 0.2) is 42.5 Å². The van der Waals surface area contributed by atoms with Crippen molar-refractivity contribution >= 4 is 16.9 Å². The van der Waals surface area contributed by atoms with E-state index in [1.165, 1.54) is 12.1 Å². The Kier molecular flexibility index (Phi) is 7.53. The Bertz CT molecular complexity index is 1500. The van der Waals surface area contributed by atoms with E-state index >= 15 is 0 Å². The summed E-state index contributed by atoms with van der Waals surface area (Å²) >= 11 is 0. The summed E-state index contributed by atoms with van der Waals surface area (Å²) in [6.07, 6.45) is -1.77. The predicted octanol–water partition coefficient (Wildman–Crippen LogP) is 6.64. The summed E-state index contributed by atoms with van der Waals surface area (Å²) in [6, 6.07) is 11.3. The number of aryl methyl sites for hydroxylation is 4. The topological polar surface area (TPSA) is 58.3 Å². The number of alkyl halides is 3. The molecule has 1 aliphatic rings. The molecule has 206 valence electrons. The molecular weight excluding hydrogens is 507 g/mol. The van der Waals surface area contributed by atoms with Gasteiger partial charge in [-0.1, -0.05) is 30.3 Å². The van der Waals surface area contributed by atoms with Crippen molar-refractivity contribution in [3.05, 3.63) is 76.2 Å². The van der Waals surface area contributed by atoms with Gasteiger partial charge in [0, 0.05) is 42.4 Å². The molecule has 4 aromatic rings. The lowest BCUT2D eigenvalue weighted by atomic mass is 9.97. The first kappa shape index (κ1) is 27.0. The minimum atomic E-state index is -4.38. The monoisotopic (exact) mass is 539 g/mol. The molecule has 0 saturated heterocycles. The van der Waals surface area contributed by atoms with Crippen LogP contribution in [0.3, 0.4) is 0 Å². The highest BCUT2D eigenvalue weighted by Crippen LogP contribution is 2.39. The van der Waals surface area contributed by atoms with Gasteiger partial charge in [-0.3, -0.25) is 4.68 Å². The summed E-state index contributed by atoms with van der Waals surface area (Å²) in [6.45, 7) is 5.65. The standard InChI is InChI=1S/C30H32F3N3O3/c1-4-39-29(37)28-23(15-12-20-10-13-21(14-11-20)30(31,32)33)22-8-7-9-24-26-19(2)35(3)34-25(26)18-38-17-6-5-16-36(28)27(22)24/h7-11,13-14H,4-6,12,15-18H2,1-3H3. The van der Waals surface area contributed by atoms with E-state index in [4.69, 9.17) is 14.6 Å². The van der Waals surface area contributed by atoms with Crippen molar-refractivity contribution in [2.24, 2.45) is 7.05 Å². The molecule has 0 bridgehead atoms. The molecule has 0 unspecified atom stereocenters. The number of hydrogen-bond donors (Lipinski definition) is 0. The molecule has 39 heavy (non-hydrogen) atoms.